The summed E-state index contributed by atoms with van der Waals surface area (Å²) in [5.74, 6) is -0.812. The standard InChI is InChI=1S/C21H28O5/c1-20-8-7-12(22)9-11(20)3-4-13-14-5-6-15(18(24)19(25)26)21(14,2)10-16(23)17(13)20/h7-9,13-18,23-24H,3-6,10H2,1-2H3,(H,25,26)/t13-,14-,15+,16-,17+,18?,20-,21-/m0/s1. The lowest BCUT2D eigenvalue weighted by atomic mass is 9.46. The fraction of sp³-hybridized carbons (Fsp3) is 0.714. The van der Waals surface area contributed by atoms with Crippen LogP contribution in [0.25, 0.3) is 0 Å². The second-order valence-electron chi connectivity index (χ2n) is 9.27. The van der Waals surface area contributed by atoms with Crippen LogP contribution in [0.3, 0.4) is 0 Å². The number of fused-ring (bicyclic) bond motifs is 5. The Balaban J connectivity index is 1.70. The number of hydrogen-bond donors (Lipinski definition) is 3. The first-order valence-electron chi connectivity index (χ1n) is 9.71. The Morgan fingerprint density at radius 2 is 2.00 bits per heavy atom. The van der Waals surface area contributed by atoms with Crippen molar-refractivity contribution >= 4 is 11.8 Å². The molecule has 26 heavy (non-hydrogen) atoms. The molecule has 5 nitrogen and oxygen atoms in total. The molecule has 0 saturated heterocycles. The number of aliphatic hydroxyl groups is 2. The van der Waals surface area contributed by atoms with Gasteiger partial charge >= 0.3 is 5.97 Å². The highest BCUT2D eigenvalue weighted by molar-refractivity contribution is 6.01. The monoisotopic (exact) mass is 360 g/mol. The molecule has 0 aromatic rings. The van der Waals surface area contributed by atoms with E-state index in [1.807, 2.05) is 6.08 Å². The van der Waals surface area contributed by atoms with Crippen LogP contribution in [-0.4, -0.2) is 39.3 Å². The number of rotatable bonds is 2. The maximum Gasteiger partial charge on any atom is 0.332 e. The summed E-state index contributed by atoms with van der Waals surface area (Å²) in [6.07, 6.45) is 7.28. The van der Waals surface area contributed by atoms with Gasteiger partial charge in [-0.25, -0.2) is 4.79 Å². The molecular weight excluding hydrogens is 332 g/mol. The number of hydrogen-bond acceptors (Lipinski definition) is 4. The van der Waals surface area contributed by atoms with Crippen molar-refractivity contribution in [3.63, 3.8) is 0 Å². The van der Waals surface area contributed by atoms with Crippen LogP contribution in [0.4, 0.5) is 0 Å². The second-order valence-corrected chi connectivity index (χ2v) is 9.27. The van der Waals surface area contributed by atoms with Gasteiger partial charge in [0.1, 0.15) is 0 Å². The van der Waals surface area contributed by atoms with Gasteiger partial charge < -0.3 is 15.3 Å². The van der Waals surface area contributed by atoms with Crippen molar-refractivity contribution in [3.05, 3.63) is 23.8 Å². The molecular formula is C21H28O5. The Hall–Kier alpha value is -1.46. The van der Waals surface area contributed by atoms with E-state index < -0.39 is 18.2 Å². The Morgan fingerprint density at radius 1 is 1.27 bits per heavy atom. The highest BCUT2D eigenvalue weighted by Gasteiger charge is 2.62. The van der Waals surface area contributed by atoms with E-state index in [0.717, 1.165) is 24.8 Å². The van der Waals surface area contributed by atoms with Gasteiger partial charge in [-0.1, -0.05) is 25.5 Å². The van der Waals surface area contributed by atoms with Crippen molar-refractivity contribution in [2.24, 2.45) is 34.5 Å². The van der Waals surface area contributed by atoms with Crippen LogP contribution in [0, 0.1) is 34.5 Å². The highest BCUT2D eigenvalue weighted by Crippen LogP contribution is 2.66. The smallest absolute Gasteiger partial charge is 0.332 e. The predicted molar refractivity (Wildman–Crippen MR) is 95.1 cm³/mol. The van der Waals surface area contributed by atoms with Gasteiger partial charge in [-0.3, -0.25) is 4.79 Å². The summed E-state index contributed by atoms with van der Waals surface area (Å²) in [4.78, 5) is 23.2. The molecule has 0 spiro atoms. The van der Waals surface area contributed by atoms with Crippen LogP contribution in [0.2, 0.25) is 0 Å². The van der Waals surface area contributed by atoms with Crippen molar-refractivity contribution < 1.29 is 24.9 Å². The molecule has 3 N–H and O–H groups in total. The van der Waals surface area contributed by atoms with E-state index in [9.17, 15) is 24.9 Å². The maximum atomic E-state index is 11.8. The number of allylic oxidation sites excluding steroid dienone is 4. The van der Waals surface area contributed by atoms with Crippen molar-refractivity contribution in [2.75, 3.05) is 0 Å². The first kappa shape index (κ1) is 17.9. The maximum absolute atomic E-state index is 11.8. The molecule has 3 saturated carbocycles. The first-order chi connectivity index (χ1) is 12.2. The van der Waals surface area contributed by atoms with Gasteiger partial charge in [0.05, 0.1) is 6.10 Å². The first-order valence-corrected chi connectivity index (χ1v) is 9.71. The zero-order valence-electron chi connectivity index (χ0n) is 15.4. The molecule has 4 aliphatic rings. The summed E-state index contributed by atoms with van der Waals surface area (Å²) in [5.41, 5.74) is 0.458. The fourth-order valence-electron chi connectivity index (χ4n) is 7.05. The summed E-state index contributed by atoms with van der Waals surface area (Å²) in [5, 5.41) is 30.7. The van der Waals surface area contributed by atoms with Crippen molar-refractivity contribution in [3.8, 4) is 0 Å². The Bertz CT molecular complexity index is 709. The van der Waals surface area contributed by atoms with Gasteiger partial charge in [-0.15, -0.1) is 0 Å². The minimum atomic E-state index is -1.37. The molecule has 0 aromatic heterocycles. The molecule has 0 heterocycles. The minimum absolute atomic E-state index is 0.0246. The number of carboxylic acids is 1. The largest absolute Gasteiger partial charge is 0.479 e. The Morgan fingerprint density at radius 3 is 2.69 bits per heavy atom. The fourth-order valence-corrected chi connectivity index (χ4v) is 7.05. The predicted octanol–water partition coefficient (Wildman–Crippen LogP) is 2.33. The molecule has 3 fully saturated rings. The number of aliphatic hydroxyl groups excluding tert-OH is 2. The lowest BCUT2D eigenvalue weighted by Crippen LogP contribution is -2.57. The molecule has 8 atom stereocenters. The van der Waals surface area contributed by atoms with Crippen LogP contribution in [0.1, 0.15) is 46.0 Å². The lowest BCUT2D eigenvalue weighted by Gasteiger charge is -2.59. The van der Waals surface area contributed by atoms with Gasteiger partial charge in [0.25, 0.3) is 0 Å². The molecule has 0 bridgehead atoms. The summed E-state index contributed by atoms with van der Waals surface area (Å²) < 4.78 is 0. The topological polar surface area (TPSA) is 94.8 Å². The van der Waals surface area contributed by atoms with Gasteiger partial charge in [-0.2, -0.15) is 0 Å². The van der Waals surface area contributed by atoms with E-state index in [1.165, 1.54) is 0 Å². The zero-order chi connectivity index (χ0) is 18.9. The Kier molecular flexibility index (Phi) is 3.98. The van der Waals surface area contributed by atoms with Crippen LogP contribution in [0.15, 0.2) is 23.8 Å². The van der Waals surface area contributed by atoms with Gasteiger partial charge in [0, 0.05) is 17.3 Å². The Labute approximate surface area is 153 Å². The highest BCUT2D eigenvalue weighted by atomic mass is 16.4. The van der Waals surface area contributed by atoms with E-state index in [0.29, 0.717) is 18.8 Å². The zero-order valence-corrected chi connectivity index (χ0v) is 15.4. The number of carboxylic acid groups (broad SMARTS) is 1. The molecule has 0 amide bonds. The third kappa shape index (κ3) is 2.29. The van der Waals surface area contributed by atoms with Gasteiger partial charge in [0.15, 0.2) is 11.9 Å². The summed E-state index contributed by atoms with van der Waals surface area (Å²) in [6.45, 7) is 4.19. The normalized spacial score (nSPS) is 48.2. The summed E-state index contributed by atoms with van der Waals surface area (Å²) >= 11 is 0. The number of aliphatic carboxylic acids is 1. The molecule has 4 aliphatic carbocycles. The molecule has 1 unspecified atom stereocenters. The lowest BCUT2D eigenvalue weighted by molar-refractivity contribution is -0.160. The average molecular weight is 360 g/mol. The summed E-state index contributed by atoms with van der Waals surface area (Å²) in [6, 6.07) is 0. The molecule has 5 heteroatoms. The van der Waals surface area contributed by atoms with Crippen molar-refractivity contribution in [2.45, 2.75) is 58.2 Å². The van der Waals surface area contributed by atoms with Gasteiger partial charge in [-0.05, 0) is 61.5 Å². The number of ketones is 1. The SMILES string of the molecule is C[C@]12C[C@H](O)[C@H]3[C@@H](CCC4=CC(=O)C=C[C@@]43C)[C@@H]1CC[C@@H]2C(O)C(=O)O. The van der Waals surface area contributed by atoms with E-state index in [-0.39, 0.29) is 34.4 Å². The molecule has 0 radical (unpaired) electrons. The van der Waals surface area contributed by atoms with Gasteiger partial charge in [0.2, 0.25) is 0 Å². The van der Waals surface area contributed by atoms with E-state index in [2.05, 4.69) is 13.8 Å². The second kappa shape index (κ2) is 5.77. The quantitative estimate of drug-likeness (QED) is 0.702. The van der Waals surface area contributed by atoms with Crippen LogP contribution in [0.5, 0.6) is 0 Å². The minimum Gasteiger partial charge on any atom is -0.479 e. The summed E-state index contributed by atoms with van der Waals surface area (Å²) in [7, 11) is 0. The molecule has 142 valence electrons. The van der Waals surface area contributed by atoms with E-state index in [1.54, 1.807) is 12.2 Å². The van der Waals surface area contributed by atoms with Crippen LogP contribution in [-0.2, 0) is 9.59 Å². The van der Waals surface area contributed by atoms with E-state index >= 15 is 0 Å². The van der Waals surface area contributed by atoms with Crippen molar-refractivity contribution in [1.29, 1.82) is 0 Å². The van der Waals surface area contributed by atoms with E-state index in [4.69, 9.17) is 0 Å². The number of carbonyl (C=O) groups excluding carboxylic acids is 1. The third-order valence-corrected chi connectivity index (χ3v) is 8.20. The number of carbonyl (C=O) groups is 2. The average Bonchev–Trinajstić information content (AvgIpc) is 2.90. The molecule has 0 aromatic carbocycles. The molecule has 0 aliphatic heterocycles. The van der Waals surface area contributed by atoms with Crippen LogP contribution >= 0.6 is 0 Å². The van der Waals surface area contributed by atoms with Crippen molar-refractivity contribution in [1.82, 2.24) is 0 Å². The third-order valence-electron chi connectivity index (χ3n) is 8.20. The molecule has 4 rings (SSSR count). The van der Waals surface area contributed by atoms with Crippen LogP contribution < -0.4 is 0 Å².